The molecule has 0 aromatic heterocycles. The van der Waals surface area contributed by atoms with E-state index in [9.17, 15) is 9.59 Å². The van der Waals surface area contributed by atoms with Crippen LogP contribution in [0.5, 0.6) is 5.75 Å². The first-order valence-corrected chi connectivity index (χ1v) is 11.7. The van der Waals surface area contributed by atoms with Crippen LogP contribution in [-0.2, 0) is 6.42 Å². The van der Waals surface area contributed by atoms with Crippen molar-refractivity contribution in [1.82, 2.24) is 0 Å². The molecule has 0 N–H and O–H groups in total. The molecular formula is C29H32O3. The largest absolute Gasteiger partial charge is 0.423 e. The van der Waals surface area contributed by atoms with E-state index in [4.69, 9.17) is 4.74 Å². The van der Waals surface area contributed by atoms with Crippen molar-refractivity contribution in [2.45, 2.75) is 58.8 Å². The summed E-state index contributed by atoms with van der Waals surface area (Å²) < 4.78 is 5.47. The van der Waals surface area contributed by atoms with E-state index in [2.05, 4.69) is 38.1 Å². The zero-order valence-electron chi connectivity index (χ0n) is 19.1. The summed E-state index contributed by atoms with van der Waals surface area (Å²) in [6.45, 7) is 4.28. The van der Waals surface area contributed by atoms with Gasteiger partial charge >= 0.3 is 5.97 Å². The van der Waals surface area contributed by atoms with Gasteiger partial charge in [-0.3, -0.25) is 4.79 Å². The smallest absolute Gasteiger partial charge is 0.343 e. The first kappa shape index (κ1) is 23.5. The molecule has 3 nitrogen and oxygen atoms in total. The summed E-state index contributed by atoms with van der Waals surface area (Å²) in [7, 11) is 0. The second kappa shape index (κ2) is 12.0. The Balaban J connectivity index is 1.58. The maximum absolute atomic E-state index is 12.5. The Bertz CT molecular complexity index is 1000. The molecule has 3 rings (SSSR count). The highest BCUT2D eigenvalue weighted by molar-refractivity contribution is 5.96. The van der Waals surface area contributed by atoms with Crippen molar-refractivity contribution in [3.05, 3.63) is 89.5 Å². The fraction of sp³-hybridized carbons (Fsp3) is 0.310. The van der Waals surface area contributed by atoms with Gasteiger partial charge < -0.3 is 4.74 Å². The third-order valence-corrected chi connectivity index (χ3v) is 5.62. The molecule has 32 heavy (non-hydrogen) atoms. The first-order valence-electron chi connectivity index (χ1n) is 11.7. The minimum atomic E-state index is -0.409. The highest BCUT2D eigenvalue weighted by atomic mass is 16.5. The van der Waals surface area contributed by atoms with E-state index >= 15 is 0 Å². The Morgan fingerprint density at radius 2 is 1.22 bits per heavy atom. The molecule has 0 aliphatic heterocycles. The van der Waals surface area contributed by atoms with Crippen LogP contribution in [0.4, 0.5) is 0 Å². The van der Waals surface area contributed by atoms with Gasteiger partial charge in [-0.15, -0.1) is 0 Å². The van der Waals surface area contributed by atoms with Crippen molar-refractivity contribution in [1.29, 1.82) is 0 Å². The summed E-state index contributed by atoms with van der Waals surface area (Å²) in [6.07, 6.45) is 7.26. The number of ketones is 1. The number of hydrogen-bond donors (Lipinski definition) is 0. The summed E-state index contributed by atoms with van der Waals surface area (Å²) in [4.78, 5) is 24.6. The van der Waals surface area contributed by atoms with Crippen molar-refractivity contribution in [3.63, 3.8) is 0 Å². The third-order valence-electron chi connectivity index (χ3n) is 5.62. The minimum Gasteiger partial charge on any atom is -0.423 e. The normalized spacial score (nSPS) is 10.7. The fourth-order valence-electron chi connectivity index (χ4n) is 3.60. The maximum Gasteiger partial charge on any atom is 0.343 e. The van der Waals surface area contributed by atoms with E-state index in [-0.39, 0.29) is 5.78 Å². The van der Waals surface area contributed by atoms with Crippen LogP contribution in [0.15, 0.2) is 72.8 Å². The lowest BCUT2D eigenvalue weighted by Crippen LogP contribution is -2.08. The molecule has 0 unspecified atom stereocenters. The van der Waals surface area contributed by atoms with Gasteiger partial charge in [-0.05, 0) is 72.4 Å². The standard InChI is InChI=1S/C29H32O3/c1-3-5-7-8-22-10-12-23(13-11-22)24-14-16-26(17-15-24)29(31)32-27-20-18-25(19-21-27)28(30)9-6-4-2/h10-21H,3-9H2,1-2H3. The van der Waals surface area contributed by atoms with E-state index in [1.165, 1.54) is 24.8 Å². The van der Waals surface area contributed by atoms with Gasteiger partial charge in [0, 0.05) is 12.0 Å². The van der Waals surface area contributed by atoms with Crippen molar-refractivity contribution in [2.75, 3.05) is 0 Å². The number of rotatable bonds is 11. The molecule has 0 saturated carbocycles. The number of benzene rings is 3. The molecule has 0 atom stereocenters. The van der Waals surface area contributed by atoms with Crippen molar-refractivity contribution in [2.24, 2.45) is 0 Å². The molecule has 0 amide bonds. The molecule has 0 spiro atoms. The van der Waals surface area contributed by atoms with Gasteiger partial charge in [-0.1, -0.05) is 69.5 Å². The molecule has 0 aliphatic carbocycles. The fourth-order valence-corrected chi connectivity index (χ4v) is 3.60. The molecular weight excluding hydrogens is 396 g/mol. The van der Waals surface area contributed by atoms with Gasteiger partial charge in [-0.2, -0.15) is 0 Å². The average molecular weight is 429 g/mol. The van der Waals surface area contributed by atoms with Crippen LogP contribution in [0.3, 0.4) is 0 Å². The number of carbonyl (C=O) groups is 2. The molecule has 0 fully saturated rings. The molecule has 0 heterocycles. The Hall–Kier alpha value is -3.20. The number of carbonyl (C=O) groups excluding carboxylic acids is 2. The predicted molar refractivity (Wildman–Crippen MR) is 130 cm³/mol. The Kier molecular flexibility index (Phi) is 8.79. The maximum atomic E-state index is 12.5. The molecule has 0 bridgehead atoms. The molecule has 3 aromatic carbocycles. The van der Waals surface area contributed by atoms with Gasteiger partial charge in [0.2, 0.25) is 0 Å². The summed E-state index contributed by atoms with van der Waals surface area (Å²) in [5.41, 5.74) is 4.71. The number of unbranched alkanes of at least 4 members (excludes halogenated alkanes) is 3. The van der Waals surface area contributed by atoms with Crippen molar-refractivity contribution in [3.8, 4) is 16.9 Å². The van der Waals surface area contributed by atoms with Crippen LogP contribution in [0.1, 0.15) is 78.7 Å². The number of Topliss-reactive ketones (excluding diaryl/α,β-unsaturated/α-hetero) is 1. The van der Waals surface area contributed by atoms with Crippen LogP contribution in [0.2, 0.25) is 0 Å². The first-order chi connectivity index (χ1) is 15.6. The summed E-state index contributed by atoms with van der Waals surface area (Å²) in [5.74, 6) is 0.145. The number of esters is 1. The van der Waals surface area contributed by atoms with Crippen molar-refractivity contribution >= 4 is 11.8 Å². The van der Waals surface area contributed by atoms with Crippen LogP contribution in [0, 0.1) is 0 Å². The third kappa shape index (κ3) is 6.65. The number of ether oxygens (including phenoxy) is 1. The monoisotopic (exact) mass is 428 g/mol. The molecule has 166 valence electrons. The lowest BCUT2D eigenvalue weighted by atomic mass is 10.0. The average Bonchev–Trinajstić information content (AvgIpc) is 2.83. The van der Waals surface area contributed by atoms with Gasteiger partial charge in [-0.25, -0.2) is 4.79 Å². The predicted octanol–water partition coefficient (Wildman–Crippen LogP) is 7.68. The van der Waals surface area contributed by atoms with E-state index < -0.39 is 5.97 Å². The number of hydrogen-bond acceptors (Lipinski definition) is 3. The Morgan fingerprint density at radius 3 is 1.81 bits per heavy atom. The molecule has 0 aliphatic rings. The SMILES string of the molecule is CCCCCc1ccc(-c2ccc(C(=O)Oc3ccc(C(=O)CCCC)cc3)cc2)cc1. The summed E-state index contributed by atoms with van der Waals surface area (Å²) >= 11 is 0. The van der Waals surface area contributed by atoms with Crippen LogP contribution < -0.4 is 4.74 Å². The zero-order valence-corrected chi connectivity index (χ0v) is 19.1. The molecule has 0 radical (unpaired) electrons. The molecule has 3 heteroatoms. The minimum absolute atomic E-state index is 0.120. The second-order valence-electron chi connectivity index (χ2n) is 8.17. The van der Waals surface area contributed by atoms with Gasteiger partial charge in [0.25, 0.3) is 0 Å². The zero-order chi connectivity index (χ0) is 22.8. The van der Waals surface area contributed by atoms with E-state index in [1.807, 2.05) is 12.1 Å². The topological polar surface area (TPSA) is 43.4 Å². The van der Waals surface area contributed by atoms with Crippen LogP contribution >= 0.6 is 0 Å². The lowest BCUT2D eigenvalue weighted by molar-refractivity contribution is 0.0734. The summed E-state index contributed by atoms with van der Waals surface area (Å²) in [6, 6.07) is 22.9. The molecule has 3 aromatic rings. The van der Waals surface area contributed by atoms with Crippen LogP contribution in [0.25, 0.3) is 11.1 Å². The Morgan fingerprint density at radius 1 is 0.656 bits per heavy atom. The van der Waals surface area contributed by atoms with Crippen LogP contribution in [-0.4, -0.2) is 11.8 Å². The Labute approximate surface area is 191 Å². The highest BCUT2D eigenvalue weighted by Gasteiger charge is 2.11. The van der Waals surface area contributed by atoms with E-state index in [0.29, 0.717) is 23.3 Å². The van der Waals surface area contributed by atoms with E-state index in [0.717, 1.165) is 30.4 Å². The second-order valence-corrected chi connectivity index (χ2v) is 8.17. The van der Waals surface area contributed by atoms with Crippen molar-refractivity contribution < 1.29 is 14.3 Å². The number of aryl methyl sites for hydroxylation is 1. The van der Waals surface area contributed by atoms with Gasteiger partial charge in [0.15, 0.2) is 5.78 Å². The highest BCUT2D eigenvalue weighted by Crippen LogP contribution is 2.22. The summed E-state index contributed by atoms with van der Waals surface area (Å²) in [5, 5.41) is 0. The lowest BCUT2D eigenvalue weighted by Gasteiger charge is -2.08. The van der Waals surface area contributed by atoms with Gasteiger partial charge in [0.1, 0.15) is 5.75 Å². The van der Waals surface area contributed by atoms with E-state index in [1.54, 1.807) is 36.4 Å². The quantitative estimate of drug-likeness (QED) is 0.136. The van der Waals surface area contributed by atoms with Gasteiger partial charge in [0.05, 0.1) is 5.56 Å². The molecule has 0 saturated heterocycles.